The van der Waals surface area contributed by atoms with Crippen molar-refractivity contribution in [3.05, 3.63) is 22.1 Å². The Hall–Kier alpha value is -1.07. The lowest BCUT2D eigenvalue weighted by atomic mass is 10.1. The van der Waals surface area contributed by atoms with Crippen molar-refractivity contribution >= 4 is 48.8 Å². The van der Waals surface area contributed by atoms with E-state index in [1.807, 2.05) is 0 Å². The summed E-state index contributed by atoms with van der Waals surface area (Å²) in [6.07, 6.45) is 3.30. The van der Waals surface area contributed by atoms with E-state index in [-0.39, 0.29) is 0 Å². The number of nitrogens with zero attached hydrogens (tertiary/aromatic N) is 4. The Bertz CT molecular complexity index is 790. The molecule has 24 heavy (non-hydrogen) atoms. The van der Waals surface area contributed by atoms with E-state index in [4.69, 9.17) is 4.74 Å². The Balaban J connectivity index is 1.68. The number of halogens is 2. The van der Waals surface area contributed by atoms with Crippen molar-refractivity contribution in [1.29, 1.82) is 0 Å². The lowest BCUT2D eigenvalue weighted by Crippen LogP contribution is -2.30. The van der Waals surface area contributed by atoms with E-state index in [9.17, 15) is 10.2 Å². The van der Waals surface area contributed by atoms with E-state index in [1.54, 1.807) is 17.0 Å². The molecule has 0 unspecified atom stereocenters. The average Bonchev–Trinajstić information content (AvgIpc) is 3.19. The van der Waals surface area contributed by atoms with Gasteiger partial charge in [-0.25, -0.2) is 15.0 Å². The van der Waals surface area contributed by atoms with E-state index in [2.05, 4.69) is 52.1 Å². The summed E-state index contributed by atoms with van der Waals surface area (Å²) in [6, 6.07) is 0.439. The highest BCUT2D eigenvalue weighted by Crippen LogP contribution is 2.34. The normalized spacial score (nSPS) is 29.8. The average molecular weight is 461 g/mol. The Kier molecular flexibility index (Phi) is 4.33. The molecule has 1 saturated carbocycles. The van der Waals surface area contributed by atoms with Gasteiger partial charge in [0.2, 0.25) is 0 Å². The molecule has 1 aliphatic heterocycles. The van der Waals surface area contributed by atoms with Crippen LogP contribution < -0.4 is 5.32 Å². The summed E-state index contributed by atoms with van der Waals surface area (Å²) in [5, 5.41) is 23.9. The largest absolute Gasteiger partial charge is 0.387 e. The van der Waals surface area contributed by atoms with Crippen molar-refractivity contribution in [1.82, 2.24) is 19.5 Å². The van der Waals surface area contributed by atoms with E-state index in [0.29, 0.717) is 26.4 Å². The Morgan fingerprint density at radius 1 is 1.25 bits per heavy atom. The minimum Gasteiger partial charge on any atom is -0.387 e. The van der Waals surface area contributed by atoms with Gasteiger partial charge < -0.3 is 20.3 Å². The van der Waals surface area contributed by atoms with E-state index < -0.39 is 24.5 Å². The van der Waals surface area contributed by atoms with Crippen LogP contribution in [0, 0.1) is 0 Å². The number of aliphatic hydroxyl groups excluding tert-OH is 2. The van der Waals surface area contributed by atoms with E-state index >= 15 is 0 Å². The minimum absolute atomic E-state index is 0.439. The molecule has 3 heterocycles. The maximum Gasteiger partial charge on any atom is 0.167 e. The summed E-state index contributed by atoms with van der Waals surface area (Å²) >= 11 is 6.47. The second-order valence-electron chi connectivity index (χ2n) is 5.89. The molecule has 0 aromatic carbocycles. The fourth-order valence-corrected chi connectivity index (χ4v) is 3.26. The summed E-state index contributed by atoms with van der Waals surface area (Å²) in [7, 11) is 0. The van der Waals surface area contributed by atoms with Crippen molar-refractivity contribution in [3.8, 4) is 0 Å². The van der Waals surface area contributed by atoms with Crippen LogP contribution in [0.15, 0.2) is 22.1 Å². The number of hydrogen-bond acceptors (Lipinski definition) is 7. The van der Waals surface area contributed by atoms with Crippen molar-refractivity contribution in [2.24, 2.45) is 0 Å². The van der Waals surface area contributed by atoms with Crippen LogP contribution in [-0.2, 0) is 4.74 Å². The van der Waals surface area contributed by atoms with E-state index in [1.165, 1.54) is 6.33 Å². The van der Waals surface area contributed by atoms with Crippen molar-refractivity contribution < 1.29 is 14.9 Å². The molecule has 2 aliphatic rings. The number of aliphatic hydroxyl groups is 2. The third-order valence-corrected chi connectivity index (χ3v) is 4.65. The topological polar surface area (TPSA) is 105 Å². The van der Waals surface area contributed by atoms with Gasteiger partial charge in [0, 0.05) is 6.04 Å². The predicted octanol–water partition coefficient (Wildman–Crippen LogP) is 1.65. The molecular weight excluding hydrogens is 446 g/mol. The smallest absolute Gasteiger partial charge is 0.167 e. The molecule has 1 aliphatic carbocycles. The monoisotopic (exact) mass is 459 g/mol. The number of fused-ring (bicyclic) bond motifs is 1. The number of rotatable bonds is 4. The highest BCUT2D eigenvalue weighted by atomic mass is 79.9. The van der Waals surface area contributed by atoms with E-state index in [0.717, 1.165) is 12.8 Å². The fraction of sp³-hybridized carbons (Fsp3) is 0.500. The van der Waals surface area contributed by atoms with Gasteiger partial charge in [0.15, 0.2) is 23.2 Å². The first-order valence-corrected chi connectivity index (χ1v) is 9.11. The molecule has 0 spiro atoms. The Morgan fingerprint density at radius 3 is 2.75 bits per heavy atom. The number of nitrogens with one attached hydrogen (secondary N) is 1. The Morgan fingerprint density at radius 2 is 2.04 bits per heavy atom. The van der Waals surface area contributed by atoms with Gasteiger partial charge in [0.25, 0.3) is 0 Å². The van der Waals surface area contributed by atoms with Crippen LogP contribution in [0.4, 0.5) is 5.82 Å². The highest BCUT2D eigenvalue weighted by molar-refractivity contribution is 9.28. The third kappa shape index (κ3) is 2.97. The molecule has 0 amide bonds. The zero-order valence-electron chi connectivity index (χ0n) is 12.4. The predicted molar refractivity (Wildman–Crippen MR) is 93.8 cm³/mol. The second kappa shape index (κ2) is 6.34. The lowest BCUT2D eigenvalue weighted by Gasteiger charge is -2.16. The van der Waals surface area contributed by atoms with Gasteiger partial charge >= 0.3 is 0 Å². The molecule has 10 heteroatoms. The zero-order valence-corrected chi connectivity index (χ0v) is 15.6. The molecule has 0 radical (unpaired) electrons. The van der Waals surface area contributed by atoms with Crippen LogP contribution in [0.25, 0.3) is 11.2 Å². The molecule has 2 aromatic heterocycles. The molecule has 2 fully saturated rings. The molecule has 3 N–H and O–H groups in total. The maximum absolute atomic E-state index is 10.4. The van der Waals surface area contributed by atoms with Gasteiger partial charge in [-0.1, -0.05) is 0 Å². The molecule has 4 rings (SSSR count). The standard InChI is InChI=1S/C14H15Br2N5O3/c15-8(16)3-7-10(22)11(23)14(24-7)21-5-19-9-12(20-6-1-2-6)17-4-18-13(9)21/h3-7,10-11,14,22-23H,1-2H2,(H,17,18,20)/t7-,10-,11-,14-/m1/s1. The van der Waals surface area contributed by atoms with Gasteiger partial charge in [-0.3, -0.25) is 4.57 Å². The second-order valence-corrected chi connectivity index (χ2v) is 8.67. The first-order chi connectivity index (χ1) is 11.5. The van der Waals surface area contributed by atoms with Crippen molar-refractivity contribution in [2.75, 3.05) is 5.32 Å². The summed E-state index contributed by atoms with van der Waals surface area (Å²) in [5.74, 6) is 0.675. The van der Waals surface area contributed by atoms with Crippen molar-refractivity contribution in [3.63, 3.8) is 0 Å². The van der Waals surface area contributed by atoms with Gasteiger partial charge in [-0.2, -0.15) is 0 Å². The third-order valence-electron chi connectivity index (χ3n) is 4.12. The summed E-state index contributed by atoms with van der Waals surface area (Å²) in [4.78, 5) is 12.9. The molecular formula is C14H15Br2N5O3. The fourth-order valence-electron chi connectivity index (χ4n) is 2.74. The number of aromatic nitrogens is 4. The number of ether oxygens (including phenoxy) is 1. The number of imidazole rings is 1. The molecule has 4 atom stereocenters. The summed E-state index contributed by atoms with van der Waals surface area (Å²) in [5.41, 5.74) is 1.17. The van der Waals surface area contributed by atoms with Gasteiger partial charge in [0.05, 0.1) is 9.72 Å². The summed E-state index contributed by atoms with van der Waals surface area (Å²) in [6.45, 7) is 0. The molecule has 8 nitrogen and oxygen atoms in total. The van der Waals surface area contributed by atoms with Crippen LogP contribution in [0.5, 0.6) is 0 Å². The van der Waals surface area contributed by atoms with Gasteiger partial charge in [-0.05, 0) is 50.8 Å². The van der Waals surface area contributed by atoms with Crippen LogP contribution >= 0.6 is 31.9 Å². The minimum atomic E-state index is -1.10. The first kappa shape index (κ1) is 16.4. The van der Waals surface area contributed by atoms with Gasteiger partial charge in [-0.15, -0.1) is 0 Å². The van der Waals surface area contributed by atoms with Gasteiger partial charge in [0.1, 0.15) is 24.6 Å². The molecule has 2 aromatic rings. The lowest BCUT2D eigenvalue weighted by molar-refractivity contribution is -0.0244. The Labute approximate surface area is 154 Å². The summed E-state index contributed by atoms with van der Waals surface area (Å²) < 4.78 is 8.05. The molecule has 128 valence electrons. The highest BCUT2D eigenvalue weighted by Gasteiger charge is 2.43. The quantitative estimate of drug-likeness (QED) is 0.636. The first-order valence-electron chi connectivity index (χ1n) is 7.53. The number of hydrogen-bond donors (Lipinski definition) is 3. The van der Waals surface area contributed by atoms with Crippen molar-refractivity contribution in [2.45, 2.75) is 43.4 Å². The van der Waals surface area contributed by atoms with Crippen LogP contribution in [0.2, 0.25) is 0 Å². The maximum atomic E-state index is 10.4. The van der Waals surface area contributed by atoms with Crippen LogP contribution in [-0.4, -0.2) is 54.1 Å². The molecule has 1 saturated heterocycles. The zero-order chi connectivity index (χ0) is 16.8. The SMILES string of the molecule is O[C@@H]1[C@H](O)[C@@H](C=C(Br)Br)O[C@H]1n1cnc2c(NC3CC3)ncnc21. The number of anilines is 1. The molecule has 0 bridgehead atoms. The van der Waals surface area contributed by atoms with Crippen LogP contribution in [0.1, 0.15) is 19.1 Å². The van der Waals surface area contributed by atoms with Crippen LogP contribution in [0.3, 0.4) is 0 Å².